The predicted octanol–water partition coefficient (Wildman–Crippen LogP) is 3.69. The van der Waals surface area contributed by atoms with Crippen LogP contribution in [0.3, 0.4) is 0 Å². The first-order chi connectivity index (χ1) is 14.1. The molecule has 1 aromatic carbocycles. The minimum atomic E-state index is -0.200. The summed E-state index contributed by atoms with van der Waals surface area (Å²) in [6, 6.07) is 8.28. The summed E-state index contributed by atoms with van der Waals surface area (Å²) in [5, 5.41) is 7.08. The van der Waals surface area contributed by atoms with E-state index < -0.39 is 0 Å². The molecule has 3 rings (SSSR count). The van der Waals surface area contributed by atoms with Crippen molar-refractivity contribution in [2.75, 3.05) is 26.8 Å². The number of carbonyl (C=O) groups excluding carboxylic acids is 2. The fourth-order valence-electron chi connectivity index (χ4n) is 4.04. The Balaban J connectivity index is 1.72. The molecular weight excluding hydrogens is 384 g/mol. The molecule has 2 amide bonds. The molecule has 29 heavy (non-hydrogen) atoms. The Morgan fingerprint density at radius 3 is 2.66 bits per heavy atom. The number of thiophene rings is 1. The van der Waals surface area contributed by atoms with Crippen molar-refractivity contribution in [3.05, 3.63) is 34.7 Å². The lowest BCUT2D eigenvalue weighted by atomic mass is 9.77. The quantitative estimate of drug-likeness (QED) is 0.538. The maximum absolute atomic E-state index is 12.8. The van der Waals surface area contributed by atoms with Crippen LogP contribution >= 0.6 is 11.3 Å². The molecule has 1 aromatic heterocycles. The molecule has 0 bridgehead atoms. The minimum absolute atomic E-state index is 0.00854. The Morgan fingerprint density at radius 1 is 1.17 bits per heavy atom. The Hall–Kier alpha value is -2.36. The largest absolute Gasteiger partial charge is 0.383 e. The topological polar surface area (TPSA) is 67.4 Å². The van der Waals surface area contributed by atoms with Gasteiger partial charge in [0.15, 0.2) is 0 Å². The van der Waals surface area contributed by atoms with E-state index >= 15 is 0 Å². The number of hydrogen-bond acceptors (Lipinski definition) is 4. The maximum atomic E-state index is 12.8. The zero-order valence-electron chi connectivity index (χ0n) is 17.0. The maximum Gasteiger partial charge on any atom is 0.295 e. The molecule has 0 radical (unpaired) electrons. The Bertz CT molecular complexity index is 917. The average Bonchev–Trinajstić information content (AvgIpc) is 3.13. The van der Waals surface area contributed by atoms with Gasteiger partial charge in [0.1, 0.15) is 0 Å². The van der Waals surface area contributed by atoms with Crippen LogP contribution < -0.4 is 10.6 Å². The van der Waals surface area contributed by atoms with E-state index in [1.165, 1.54) is 10.9 Å². The highest BCUT2D eigenvalue weighted by atomic mass is 32.1. The zero-order valence-corrected chi connectivity index (χ0v) is 17.9. The second kappa shape index (κ2) is 10.4. The van der Waals surface area contributed by atoms with E-state index in [9.17, 15) is 9.59 Å². The van der Waals surface area contributed by atoms with Crippen molar-refractivity contribution < 1.29 is 14.3 Å². The second-order valence-electron chi connectivity index (χ2n) is 7.39. The summed E-state index contributed by atoms with van der Waals surface area (Å²) in [5.74, 6) is 5.78. The number of carbonyl (C=O) groups is 2. The first-order valence-electron chi connectivity index (χ1n) is 10.1. The third-order valence-electron chi connectivity index (χ3n) is 5.48. The van der Waals surface area contributed by atoms with Crippen molar-refractivity contribution >= 4 is 33.2 Å². The molecule has 2 N–H and O–H groups in total. The third-order valence-corrected chi connectivity index (χ3v) is 6.66. The van der Waals surface area contributed by atoms with E-state index in [1.807, 2.05) is 12.1 Å². The van der Waals surface area contributed by atoms with Crippen LogP contribution in [0.15, 0.2) is 24.3 Å². The van der Waals surface area contributed by atoms with Crippen molar-refractivity contribution in [3.63, 3.8) is 0 Å². The van der Waals surface area contributed by atoms with E-state index in [2.05, 4.69) is 34.6 Å². The van der Waals surface area contributed by atoms with Crippen molar-refractivity contribution in [1.29, 1.82) is 0 Å². The van der Waals surface area contributed by atoms with Gasteiger partial charge in [0.25, 0.3) is 11.8 Å². The van der Waals surface area contributed by atoms with E-state index in [-0.39, 0.29) is 11.8 Å². The summed E-state index contributed by atoms with van der Waals surface area (Å²) in [4.78, 5) is 25.2. The smallest absolute Gasteiger partial charge is 0.295 e. The van der Waals surface area contributed by atoms with E-state index in [1.54, 1.807) is 25.4 Å². The van der Waals surface area contributed by atoms with Crippen molar-refractivity contribution in [1.82, 2.24) is 10.6 Å². The molecule has 2 aromatic rings. The summed E-state index contributed by atoms with van der Waals surface area (Å²) in [6.07, 6.45) is 4.14. The molecule has 0 atom stereocenters. The lowest BCUT2D eigenvalue weighted by molar-refractivity contribution is -0.115. The average molecular weight is 413 g/mol. The van der Waals surface area contributed by atoms with Gasteiger partial charge in [-0.15, -0.1) is 11.3 Å². The summed E-state index contributed by atoms with van der Waals surface area (Å²) in [6.45, 7) is 3.36. The molecular formula is C23H28N2O3S. The predicted molar refractivity (Wildman–Crippen MR) is 117 cm³/mol. The molecule has 1 saturated carbocycles. The van der Waals surface area contributed by atoms with E-state index in [0.717, 1.165) is 35.3 Å². The summed E-state index contributed by atoms with van der Waals surface area (Å²) >= 11 is 1.58. The highest BCUT2D eigenvalue weighted by molar-refractivity contribution is 7.21. The van der Waals surface area contributed by atoms with Crippen molar-refractivity contribution in [3.8, 4) is 11.8 Å². The Kier molecular flexibility index (Phi) is 7.68. The third kappa shape index (κ3) is 5.37. The Morgan fingerprint density at radius 2 is 1.93 bits per heavy atom. The molecule has 0 aliphatic heterocycles. The summed E-state index contributed by atoms with van der Waals surface area (Å²) in [5.41, 5.74) is 1.19. The number of fused-ring (bicyclic) bond motifs is 1. The van der Waals surface area contributed by atoms with Gasteiger partial charge in [-0.2, -0.15) is 0 Å². The van der Waals surface area contributed by atoms with Gasteiger partial charge in [0.05, 0.1) is 11.5 Å². The van der Waals surface area contributed by atoms with E-state index in [0.29, 0.717) is 31.5 Å². The number of methoxy groups -OCH3 is 1. The molecule has 5 nitrogen and oxygen atoms in total. The standard InChI is InChI=1S/C23H28N2O3S/c1-3-6-20(26)25-15-16-9-11-17(12-10-16)21-18-7-4-5-8-19(18)29-22(21)23(27)24-13-14-28-2/h4-5,7-8,16-17H,9-15H2,1-2H3,(H,24,27)(H,25,26). The number of benzene rings is 1. The highest BCUT2D eigenvalue weighted by Gasteiger charge is 2.29. The van der Waals surface area contributed by atoms with Gasteiger partial charge in [-0.1, -0.05) is 24.1 Å². The van der Waals surface area contributed by atoms with Crippen LogP contribution in [-0.4, -0.2) is 38.6 Å². The first kappa shape index (κ1) is 21.4. The van der Waals surface area contributed by atoms with Gasteiger partial charge in [0, 0.05) is 24.9 Å². The van der Waals surface area contributed by atoms with Gasteiger partial charge >= 0.3 is 0 Å². The van der Waals surface area contributed by atoms with Crippen LogP contribution in [0.5, 0.6) is 0 Å². The number of nitrogens with one attached hydrogen (secondary N) is 2. The number of ether oxygens (including phenoxy) is 1. The number of amides is 2. The van der Waals surface area contributed by atoms with Gasteiger partial charge in [-0.25, -0.2) is 0 Å². The fraction of sp³-hybridized carbons (Fsp3) is 0.478. The first-order valence-corrected chi connectivity index (χ1v) is 10.9. The number of hydrogen-bond donors (Lipinski definition) is 2. The highest BCUT2D eigenvalue weighted by Crippen LogP contribution is 2.43. The van der Waals surface area contributed by atoms with Gasteiger partial charge in [-0.05, 0) is 67.4 Å². The van der Waals surface area contributed by atoms with Crippen LogP contribution in [0.4, 0.5) is 0 Å². The lowest BCUT2D eigenvalue weighted by Gasteiger charge is -2.29. The molecule has 6 heteroatoms. The van der Waals surface area contributed by atoms with Crippen molar-refractivity contribution in [2.24, 2.45) is 5.92 Å². The minimum Gasteiger partial charge on any atom is -0.383 e. The van der Waals surface area contributed by atoms with Crippen LogP contribution in [0.25, 0.3) is 10.1 Å². The monoisotopic (exact) mass is 412 g/mol. The molecule has 1 aliphatic carbocycles. The molecule has 0 unspecified atom stereocenters. The molecule has 154 valence electrons. The van der Waals surface area contributed by atoms with Crippen LogP contribution in [0.1, 0.15) is 53.8 Å². The van der Waals surface area contributed by atoms with Crippen LogP contribution in [0.2, 0.25) is 0 Å². The SMILES string of the molecule is CC#CC(=O)NCC1CCC(c2c(C(=O)NCCOC)sc3ccccc23)CC1. The molecule has 0 spiro atoms. The van der Waals surface area contributed by atoms with Gasteiger partial charge in [-0.3, -0.25) is 9.59 Å². The zero-order chi connectivity index (χ0) is 20.6. The molecule has 1 heterocycles. The molecule has 1 aliphatic rings. The van der Waals surface area contributed by atoms with Gasteiger partial charge in [0.2, 0.25) is 0 Å². The molecule has 0 saturated heterocycles. The second-order valence-corrected chi connectivity index (χ2v) is 8.44. The number of rotatable bonds is 7. The fourth-order valence-corrected chi connectivity index (χ4v) is 5.24. The normalized spacial score (nSPS) is 18.7. The van der Waals surface area contributed by atoms with Crippen molar-refractivity contribution in [2.45, 2.75) is 38.5 Å². The molecule has 1 fully saturated rings. The van der Waals surface area contributed by atoms with Crippen LogP contribution in [-0.2, 0) is 9.53 Å². The van der Waals surface area contributed by atoms with E-state index in [4.69, 9.17) is 4.74 Å². The lowest BCUT2D eigenvalue weighted by Crippen LogP contribution is -2.30. The summed E-state index contributed by atoms with van der Waals surface area (Å²) < 4.78 is 6.21. The Labute approximate surface area is 176 Å². The summed E-state index contributed by atoms with van der Waals surface area (Å²) in [7, 11) is 1.63. The van der Waals surface area contributed by atoms with Crippen LogP contribution in [0, 0.1) is 17.8 Å². The van der Waals surface area contributed by atoms with Gasteiger partial charge < -0.3 is 15.4 Å².